The van der Waals surface area contributed by atoms with Crippen LogP contribution in [0.25, 0.3) is 22.1 Å². The Morgan fingerprint density at radius 1 is 1.19 bits per heavy atom. The van der Waals surface area contributed by atoms with Gasteiger partial charge in [-0.2, -0.15) is 5.10 Å². The van der Waals surface area contributed by atoms with Gasteiger partial charge in [0, 0.05) is 29.6 Å². The highest BCUT2D eigenvalue weighted by atomic mass is 19.1. The molecule has 1 unspecified atom stereocenters. The maximum absolute atomic E-state index is 13.6. The summed E-state index contributed by atoms with van der Waals surface area (Å²) in [4.78, 5) is 4.25. The summed E-state index contributed by atoms with van der Waals surface area (Å²) in [5.41, 5.74) is 8.54. The molecule has 4 heterocycles. The number of nitrogen functional groups attached to an aromatic ring is 1. The third-order valence-electron chi connectivity index (χ3n) is 5.85. The molecule has 0 amide bonds. The fourth-order valence-electron chi connectivity index (χ4n) is 4.12. The number of nitrogens with two attached hydrogens (primary N) is 1. The molecule has 1 aromatic carbocycles. The number of piperidine rings is 1. The van der Waals surface area contributed by atoms with E-state index in [0.717, 1.165) is 48.5 Å². The normalized spacial score (nSPS) is 15.8. The van der Waals surface area contributed by atoms with E-state index in [-0.39, 0.29) is 11.6 Å². The molecule has 9 heteroatoms. The van der Waals surface area contributed by atoms with Gasteiger partial charge in [-0.15, -0.1) is 0 Å². The molecule has 4 aromatic rings. The summed E-state index contributed by atoms with van der Waals surface area (Å²) in [6.45, 7) is 3.64. The second-order valence-corrected chi connectivity index (χ2v) is 8.02. The number of nitrogens with one attached hydrogen (secondary N) is 1. The summed E-state index contributed by atoms with van der Waals surface area (Å²) < 4.78 is 41.0. The first-order chi connectivity index (χ1) is 15.5. The lowest BCUT2D eigenvalue weighted by Gasteiger charge is -2.22. The van der Waals surface area contributed by atoms with Crippen LogP contribution in [0.4, 0.5) is 14.6 Å². The number of rotatable bonds is 5. The largest absolute Gasteiger partial charge is 0.479 e. The molecule has 0 radical (unpaired) electrons. The van der Waals surface area contributed by atoms with Gasteiger partial charge in [0.05, 0.1) is 17.6 Å². The maximum atomic E-state index is 13.6. The number of anilines is 1. The van der Waals surface area contributed by atoms with Crippen LogP contribution in [-0.4, -0.2) is 27.9 Å². The van der Waals surface area contributed by atoms with Gasteiger partial charge in [-0.25, -0.2) is 13.8 Å². The molecule has 0 saturated carbocycles. The number of pyridine rings is 1. The van der Waals surface area contributed by atoms with Crippen molar-refractivity contribution >= 4 is 16.8 Å². The lowest BCUT2D eigenvalue weighted by Crippen LogP contribution is -2.29. The predicted molar refractivity (Wildman–Crippen MR) is 116 cm³/mol. The van der Waals surface area contributed by atoms with E-state index in [1.165, 1.54) is 12.1 Å². The Hall–Kier alpha value is -3.46. The average Bonchev–Trinajstić information content (AvgIpc) is 3.43. The number of halogens is 2. The lowest BCUT2D eigenvalue weighted by atomic mass is 10.1. The maximum Gasteiger partial charge on any atom is 0.205 e. The summed E-state index contributed by atoms with van der Waals surface area (Å²) in [6.07, 6.45) is 8.45. The van der Waals surface area contributed by atoms with E-state index in [9.17, 15) is 8.78 Å². The number of benzene rings is 1. The Morgan fingerprint density at radius 3 is 2.69 bits per heavy atom. The van der Waals surface area contributed by atoms with Crippen LogP contribution in [-0.2, 0) is 0 Å². The molecule has 0 aliphatic carbocycles. The molecule has 1 atom stereocenters. The quantitative estimate of drug-likeness (QED) is 0.472. The smallest absolute Gasteiger partial charge is 0.205 e. The lowest BCUT2D eigenvalue weighted by molar-refractivity contribution is 0.226. The number of hydrogen-bond donors (Lipinski definition) is 2. The van der Waals surface area contributed by atoms with Crippen LogP contribution in [0.3, 0.4) is 0 Å². The molecule has 32 heavy (non-hydrogen) atoms. The zero-order valence-electron chi connectivity index (χ0n) is 17.5. The van der Waals surface area contributed by atoms with E-state index in [4.69, 9.17) is 14.9 Å². The molecular weight excluding hydrogens is 416 g/mol. The topological polar surface area (TPSA) is 91.1 Å². The van der Waals surface area contributed by atoms with Crippen molar-refractivity contribution in [1.29, 1.82) is 0 Å². The van der Waals surface area contributed by atoms with E-state index >= 15 is 0 Å². The molecule has 1 aliphatic heterocycles. The average molecular weight is 439 g/mol. The van der Waals surface area contributed by atoms with Crippen molar-refractivity contribution in [3.05, 3.63) is 60.3 Å². The zero-order valence-corrected chi connectivity index (χ0v) is 17.5. The summed E-state index contributed by atoms with van der Waals surface area (Å²) in [7, 11) is 0. The van der Waals surface area contributed by atoms with E-state index in [1.54, 1.807) is 25.6 Å². The Morgan fingerprint density at radius 2 is 1.94 bits per heavy atom. The second kappa shape index (κ2) is 8.23. The molecule has 166 valence electrons. The SMILES string of the molecule is CC(Oc1c(N)ncc2c(-c3cnn(C4CCNCC4)c3)coc12)c1cc(F)cc(F)c1. The van der Waals surface area contributed by atoms with Gasteiger partial charge in [0.25, 0.3) is 0 Å². The van der Waals surface area contributed by atoms with Crippen LogP contribution in [0.1, 0.15) is 37.5 Å². The van der Waals surface area contributed by atoms with Crippen LogP contribution < -0.4 is 15.8 Å². The number of aromatic nitrogens is 3. The van der Waals surface area contributed by atoms with Gasteiger partial charge in [-0.1, -0.05) is 0 Å². The van der Waals surface area contributed by atoms with Gasteiger partial charge in [-0.05, 0) is 50.6 Å². The molecule has 7 nitrogen and oxygen atoms in total. The number of hydrogen-bond acceptors (Lipinski definition) is 6. The molecule has 5 rings (SSSR count). The molecule has 3 N–H and O–H groups in total. The summed E-state index contributed by atoms with van der Waals surface area (Å²) in [6, 6.07) is 3.62. The highest BCUT2D eigenvalue weighted by Gasteiger charge is 2.22. The highest BCUT2D eigenvalue weighted by Crippen LogP contribution is 2.39. The van der Waals surface area contributed by atoms with Crippen LogP contribution in [0, 0.1) is 11.6 Å². The van der Waals surface area contributed by atoms with Gasteiger partial charge in [0.1, 0.15) is 24.0 Å². The van der Waals surface area contributed by atoms with Gasteiger partial charge >= 0.3 is 0 Å². The van der Waals surface area contributed by atoms with Crippen LogP contribution in [0.5, 0.6) is 5.75 Å². The Bertz CT molecular complexity index is 1240. The number of furan rings is 1. The number of fused-ring (bicyclic) bond motifs is 1. The van der Waals surface area contributed by atoms with E-state index in [1.807, 2.05) is 10.9 Å². The molecule has 3 aromatic heterocycles. The minimum atomic E-state index is -0.675. The first kappa shape index (κ1) is 20.4. The van der Waals surface area contributed by atoms with Gasteiger partial charge in [0.2, 0.25) is 5.75 Å². The van der Waals surface area contributed by atoms with Crippen molar-refractivity contribution in [2.24, 2.45) is 0 Å². The minimum absolute atomic E-state index is 0.132. The Kier molecular flexibility index (Phi) is 5.26. The fraction of sp³-hybridized carbons (Fsp3) is 0.304. The van der Waals surface area contributed by atoms with Crippen molar-refractivity contribution < 1.29 is 17.9 Å². The van der Waals surface area contributed by atoms with Crippen molar-refractivity contribution in [2.45, 2.75) is 31.9 Å². The molecular formula is C23H23F2N5O2. The van der Waals surface area contributed by atoms with Gasteiger partial charge in [-0.3, -0.25) is 4.68 Å². The molecule has 0 bridgehead atoms. The minimum Gasteiger partial charge on any atom is -0.479 e. The van der Waals surface area contributed by atoms with Gasteiger partial charge < -0.3 is 20.2 Å². The third kappa shape index (κ3) is 3.80. The monoisotopic (exact) mass is 439 g/mol. The molecule has 1 fully saturated rings. The van der Waals surface area contributed by atoms with Gasteiger partial charge in [0.15, 0.2) is 11.4 Å². The van der Waals surface area contributed by atoms with E-state index in [0.29, 0.717) is 17.2 Å². The van der Waals surface area contributed by atoms with Crippen LogP contribution in [0.2, 0.25) is 0 Å². The summed E-state index contributed by atoms with van der Waals surface area (Å²) in [5, 5.41) is 8.62. The number of nitrogens with zero attached hydrogens (tertiary/aromatic N) is 3. The number of ether oxygens (including phenoxy) is 1. The van der Waals surface area contributed by atoms with Crippen LogP contribution >= 0.6 is 0 Å². The molecule has 1 aliphatic rings. The Balaban J connectivity index is 1.47. The van der Waals surface area contributed by atoms with Crippen molar-refractivity contribution in [3.8, 4) is 16.9 Å². The summed E-state index contributed by atoms with van der Waals surface area (Å²) >= 11 is 0. The zero-order chi connectivity index (χ0) is 22.2. The van der Waals surface area contributed by atoms with Crippen molar-refractivity contribution in [3.63, 3.8) is 0 Å². The van der Waals surface area contributed by atoms with Crippen molar-refractivity contribution in [2.75, 3.05) is 18.8 Å². The highest BCUT2D eigenvalue weighted by molar-refractivity contribution is 5.97. The third-order valence-corrected chi connectivity index (χ3v) is 5.85. The Labute approximate surface area is 183 Å². The fourth-order valence-corrected chi connectivity index (χ4v) is 4.12. The second-order valence-electron chi connectivity index (χ2n) is 8.02. The summed E-state index contributed by atoms with van der Waals surface area (Å²) in [5.74, 6) is -0.985. The van der Waals surface area contributed by atoms with Crippen molar-refractivity contribution in [1.82, 2.24) is 20.1 Å². The molecule has 1 saturated heterocycles. The first-order valence-electron chi connectivity index (χ1n) is 10.5. The first-order valence-corrected chi connectivity index (χ1v) is 10.5. The van der Waals surface area contributed by atoms with Crippen LogP contribution in [0.15, 0.2) is 47.5 Å². The molecule has 0 spiro atoms. The predicted octanol–water partition coefficient (Wildman–Crippen LogP) is 4.62. The standard InChI is InChI=1S/C23H23F2N5O2/c1-13(14-6-16(24)8-17(25)7-14)32-22-21-19(10-28-23(22)26)20(12-31-21)15-9-29-30(11-15)18-2-4-27-5-3-18/h6-13,18,27H,2-5H2,1H3,(H2,26,28). The van der Waals surface area contributed by atoms with E-state index < -0.39 is 17.7 Å². The van der Waals surface area contributed by atoms with E-state index in [2.05, 4.69) is 15.4 Å².